The Hall–Kier alpha value is -3.72. The van der Waals surface area contributed by atoms with Crippen LogP contribution >= 0.6 is 11.3 Å². The van der Waals surface area contributed by atoms with Crippen LogP contribution in [0, 0.1) is 5.41 Å². The van der Waals surface area contributed by atoms with Crippen molar-refractivity contribution in [1.82, 2.24) is 10.3 Å². The summed E-state index contributed by atoms with van der Waals surface area (Å²) in [5, 5.41) is 16.7. The van der Waals surface area contributed by atoms with Gasteiger partial charge in [0.25, 0.3) is 0 Å². The number of hydrogen-bond donors (Lipinski definition) is 3. The summed E-state index contributed by atoms with van der Waals surface area (Å²) in [4.78, 5) is 40.4. The molecule has 0 spiro atoms. The Bertz CT molecular complexity index is 1240. The van der Waals surface area contributed by atoms with E-state index in [1.165, 1.54) is 11.3 Å². The highest BCUT2D eigenvalue weighted by molar-refractivity contribution is 7.13. The number of thiazole rings is 1. The predicted molar refractivity (Wildman–Crippen MR) is 131 cm³/mol. The Morgan fingerprint density at radius 2 is 1.71 bits per heavy atom. The van der Waals surface area contributed by atoms with Crippen LogP contribution in [0.4, 0.5) is 9.93 Å². The number of fused-ring (bicyclic) bond motifs is 3. The minimum absolute atomic E-state index is 0.0125. The second kappa shape index (κ2) is 9.50. The summed E-state index contributed by atoms with van der Waals surface area (Å²) in [6.45, 7) is 0.321. The van der Waals surface area contributed by atoms with Crippen molar-refractivity contribution in [1.29, 1.82) is 0 Å². The number of nitrogens with one attached hydrogen (secondary N) is 2. The molecular weight excluding hydrogens is 466 g/mol. The van der Waals surface area contributed by atoms with Crippen molar-refractivity contribution >= 4 is 34.4 Å². The molecule has 5 rings (SSSR count). The van der Waals surface area contributed by atoms with Crippen molar-refractivity contribution in [3.63, 3.8) is 0 Å². The van der Waals surface area contributed by atoms with Crippen molar-refractivity contribution in [3.05, 3.63) is 70.7 Å². The first kappa shape index (κ1) is 23.0. The average molecular weight is 492 g/mol. The van der Waals surface area contributed by atoms with Crippen LogP contribution in [0.2, 0.25) is 0 Å². The fourth-order valence-electron chi connectivity index (χ4n) is 4.73. The lowest BCUT2D eigenvalue weighted by Gasteiger charge is -2.37. The second-order valence-electron chi connectivity index (χ2n) is 8.99. The minimum Gasteiger partial charge on any atom is -0.481 e. The summed E-state index contributed by atoms with van der Waals surface area (Å²) in [6, 6.07) is 16.3. The Balaban J connectivity index is 1.13. The van der Waals surface area contributed by atoms with Crippen LogP contribution in [0.25, 0.3) is 11.1 Å². The van der Waals surface area contributed by atoms with Gasteiger partial charge in [-0.1, -0.05) is 55.0 Å². The molecular formula is C26H25N3O5S. The molecule has 0 aliphatic heterocycles. The zero-order valence-corrected chi connectivity index (χ0v) is 19.8. The topological polar surface area (TPSA) is 118 Å². The number of anilines is 1. The molecule has 1 heterocycles. The number of carbonyl (C=O) groups excluding carboxylic acids is 2. The molecule has 0 bridgehead atoms. The number of benzene rings is 2. The molecule has 2 aromatic carbocycles. The first-order chi connectivity index (χ1) is 16.9. The molecule has 0 radical (unpaired) electrons. The van der Waals surface area contributed by atoms with Crippen molar-refractivity contribution in [2.24, 2.45) is 5.41 Å². The molecule has 3 N–H and O–H groups in total. The van der Waals surface area contributed by atoms with Crippen LogP contribution in [0.15, 0.2) is 53.9 Å². The second-order valence-corrected chi connectivity index (χ2v) is 9.85. The molecule has 1 fully saturated rings. The van der Waals surface area contributed by atoms with E-state index in [-0.39, 0.29) is 31.4 Å². The van der Waals surface area contributed by atoms with E-state index in [9.17, 15) is 19.5 Å². The summed E-state index contributed by atoms with van der Waals surface area (Å²) in [7, 11) is 0. The van der Waals surface area contributed by atoms with Gasteiger partial charge in [0.1, 0.15) is 6.61 Å². The third-order valence-corrected chi connectivity index (χ3v) is 7.64. The van der Waals surface area contributed by atoms with Crippen LogP contribution in [-0.2, 0) is 20.7 Å². The van der Waals surface area contributed by atoms with E-state index in [2.05, 4.69) is 39.9 Å². The predicted octanol–water partition coefficient (Wildman–Crippen LogP) is 4.42. The van der Waals surface area contributed by atoms with E-state index >= 15 is 0 Å². The molecule has 2 aliphatic carbocycles. The first-order valence-electron chi connectivity index (χ1n) is 11.5. The lowest BCUT2D eigenvalue weighted by Crippen LogP contribution is -2.47. The number of nitrogens with zero attached hydrogens (tertiary/aromatic N) is 1. The average Bonchev–Trinajstić information content (AvgIpc) is 3.38. The van der Waals surface area contributed by atoms with E-state index in [0.29, 0.717) is 23.7 Å². The van der Waals surface area contributed by atoms with Gasteiger partial charge in [-0.25, -0.2) is 9.78 Å². The number of aromatic nitrogens is 1. The van der Waals surface area contributed by atoms with Crippen LogP contribution < -0.4 is 10.6 Å². The van der Waals surface area contributed by atoms with Crippen LogP contribution in [-0.4, -0.2) is 41.2 Å². The fraction of sp³-hybridized carbons (Fsp3) is 0.308. The van der Waals surface area contributed by atoms with Gasteiger partial charge in [-0.05, 0) is 35.1 Å². The third kappa shape index (κ3) is 4.64. The van der Waals surface area contributed by atoms with E-state index in [4.69, 9.17) is 4.74 Å². The molecule has 2 amide bonds. The Kier molecular flexibility index (Phi) is 6.25. The van der Waals surface area contributed by atoms with Gasteiger partial charge in [-0.15, -0.1) is 11.3 Å². The van der Waals surface area contributed by atoms with Crippen LogP contribution in [0.1, 0.15) is 42.0 Å². The number of rotatable bonds is 8. The lowest BCUT2D eigenvalue weighted by molar-refractivity contribution is -0.154. The van der Waals surface area contributed by atoms with Crippen molar-refractivity contribution < 1.29 is 24.2 Å². The monoisotopic (exact) mass is 491 g/mol. The number of carbonyl (C=O) groups is 3. The van der Waals surface area contributed by atoms with Gasteiger partial charge in [0, 0.05) is 17.8 Å². The molecule has 35 heavy (non-hydrogen) atoms. The normalized spacial score (nSPS) is 15.4. The van der Waals surface area contributed by atoms with E-state index in [0.717, 1.165) is 28.7 Å². The van der Waals surface area contributed by atoms with E-state index < -0.39 is 17.5 Å². The van der Waals surface area contributed by atoms with Gasteiger partial charge in [-0.3, -0.25) is 14.9 Å². The summed E-state index contributed by atoms with van der Waals surface area (Å²) in [5.41, 5.74) is 4.25. The SMILES string of the molecule is O=C(Cc1csc(NC(=O)OCC2c3ccccc3-c3ccccc32)n1)NCC1(C(=O)O)CCC1. The summed E-state index contributed by atoms with van der Waals surface area (Å²) in [5.74, 6) is -1.20. The molecule has 0 atom stereocenters. The number of carboxylic acids is 1. The lowest BCUT2D eigenvalue weighted by atomic mass is 9.69. The molecule has 3 aromatic rings. The number of amides is 2. The minimum atomic E-state index is -0.868. The molecule has 8 nitrogen and oxygen atoms in total. The number of carboxylic acid groups (broad SMARTS) is 1. The van der Waals surface area contributed by atoms with Crippen molar-refractivity contribution in [2.45, 2.75) is 31.6 Å². The van der Waals surface area contributed by atoms with E-state index in [1.54, 1.807) is 5.38 Å². The maximum Gasteiger partial charge on any atom is 0.413 e. The van der Waals surface area contributed by atoms with Gasteiger partial charge in [0.15, 0.2) is 5.13 Å². The van der Waals surface area contributed by atoms with Gasteiger partial charge < -0.3 is 15.2 Å². The zero-order chi connectivity index (χ0) is 24.4. The molecule has 0 saturated heterocycles. The summed E-state index contributed by atoms with van der Waals surface area (Å²) in [6.07, 6.45) is 1.42. The van der Waals surface area contributed by atoms with Gasteiger partial charge >= 0.3 is 12.1 Å². The quantitative estimate of drug-likeness (QED) is 0.429. The smallest absolute Gasteiger partial charge is 0.413 e. The molecule has 0 unspecified atom stereocenters. The third-order valence-electron chi connectivity index (χ3n) is 6.83. The number of hydrogen-bond acceptors (Lipinski definition) is 6. The number of aliphatic carboxylic acids is 1. The highest BCUT2D eigenvalue weighted by Gasteiger charge is 2.44. The summed E-state index contributed by atoms with van der Waals surface area (Å²) < 4.78 is 5.53. The highest BCUT2D eigenvalue weighted by Crippen LogP contribution is 2.44. The zero-order valence-electron chi connectivity index (χ0n) is 19.0. The Labute approximate surface area is 206 Å². The maximum absolute atomic E-state index is 12.4. The summed E-state index contributed by atoms with van der Waals surface area (Å²) >= 11 is 1.20. The fourth-order valence-corrected chi connectivity index (χ4v) is 5.43. The highest BCUT2D eigenvalue weighted by atomic mass is 32.1. The van der Waals surface area contributed by atoms with Crippen molar-refractivity contribution in [3.8, 4) is 11.1 Å². The maximum atomic E-state index is 12.4. The van der Waals surface area contributed by atoms with Crippen molar-refractivity contribution in [2.75, 3.05) is 18.5 Å². The Morgan fingerprint density at radius 3 is 2.31 bits per heavy atom. The Morgan fingerprint density at radius 1 is 1.06 bits per heavy atom. The molecule has 180 valence electrons. The molecule has 1 saturated carbocycles. The molecule has 2 aliphatic rings. The van der Waals surface area contributed by atoms with Gasteiger partial charge in [0.2, 0.25) is 5.91 Å². The van der Waals surface area contributed by atoms with Gasteiger partial charge in [-0.2, -0.15) is 0 Å². The molecule has 1 aromatic heterocycles. The van der Waals surface area contributed by atoms with Crippen LogP contribution in [0.5, 0.6) is 0 Å². The standard InChI is InChI=1S/C26H25N3O5S/c30-22(27-15-26(23(31)32)10-5-11-26)12-16-14-35-24(28-16)29-25(33)34-13-21-19-8-3-1-6-17(19)18-7-2-4-9-20(18)21/h1-4,6-9,14,21H,5,10-13,15H2,(H,27,30)(H,31,32)(H,28,29,33). The van der Waals surface area contributed by atoms with Crippen LogP contribution in [0.3, 0.4) is 0 Å². The van der Waals surface area contributed by atoms with Gasteiger partial charge in [0.05, 0.1) is 17.5 Å². The van der Waals surface area contributed by atoms with E-state index in [1.807, 2.05) is 24.3 Å². The largest absolute Gasteiger partial charge is 0.481 e. The number of ether oxygens (including phenoxy) is 1. The molecule has 9 heteroatoms. The first-order valence-corrected chi connectivity index (χ1v) is 12.4.